The van der Waals surface area contributed by atoms with Crippen molar-refractivity contribution in [2.24, 2.45) is 0 Å². The fourth-order valence-electron chi connectivity index (χ4n) is 2.56. The predicted octanol–water partition coefficient (Wildman–Crippen LogP) is 3.79. The molecule has 0 saturated carbocycles. The highest BCUT2D eigenvalue weighted by atomic mass is 32.1. The van der Waals surface area contributed by atoms with Gasteiger partial charge in [-0.1, -0.05) is 18.2 Å². The summed E-state index contributed by atoms with van der Waals surface area (Å²) in [7, 11) is 0. The zero-order valence-corrected chi connectivity index (χ0v) is 14.3. The number of amides is 1. The Morgan fingerprint density at radius 1 is 1.13 bits per heavy atom. The Bertz CT molecular complexity index is 833. The van der Waals surface area contributed by atoms with Crippen molar-refractivity contribution in [1.82, 2.24) is 15.1 Å². The molecule has 5 heteroatoms. The van der Waals surface area contributed by atoms with Crippen molar-refractivity contribution in [3.63, 3.8) is 0 Å². The minimum atomic E-state index is -0.0330. The van der Waals surface area contributed by atoms with Crippen molar-refractivity contribution in [3.8, 4) is 5.69 Å². The van der Waals surface area contributed by atoms with Crippen molar-refractivity contribution >= 4 is 17.2 Å². The van der Waals surface area contributed by atoms with Crippen LogP contribution in [0.1, 0.15) is 31.5 Å². The second-order valence-corrected chi connectivity index (χ2v) is 6.78. The fraction of sp³-hybridized carbons (Fsp3) is 0.222. The third-order valence-corrected chi connectivity index (χ3v) is 4.83. The lowest BCUT2D eigenvalue weighted by Gasteiger charge is -2.06. The normalized spacial score (nSPS) is 10.7. The van der Waals surface area contributed by atoms with Crippen LogP contribution in [-0.4, -0.2) is 15.7 Å². The van der Waals surface area contributed by atoms with Gasteiger partial charge in [0.15, 0.2) is 0 Å². The first-order valence-corrected chi connectivity index (χ1v) is 8.33. The Kier molecular flexibility index (Phi) is 4.30. The summed E-state index contributed by atoms with van der Waals surface area (Å²) >= 11 is 1.51. The minimum Gasteiger partial charge on any atom is -0.347 e. The molecule has 1 amide bonds. The molecule has 0 aliphatic rings. The molecule has 2 heterocycles. The van der Waals surface area contributed by atoms with Crippen molar-refractivity contribution in [3.05, 3.63) is 69.2 Å². The number of nitrogens with zero attached hydrogens (tertiary/aromatic N) is 2. The van der Waals surface area contributed by atoms with Gasteiger partial charge in [0.05, 0.1) is 16.3 Å². The zero-order valence-electron chi connectivity index (χ0n) is 13.5. The van der Waals surface area contributed by atoms with Crippen LogP contribution in [0.4, 0.5) is 0 Å². The van der Waals surface area contributed by atoms with Gasteiger partial charge in [0.25, 0.3) is 5.91 Å². The molecule has 0 saturated heterocycles. The monoisotopic (exact) mass is 325 g/mol. The van der Waals surface area contributed by atoms with E-state index in [1.807, 2.05) is 67.9 Å². The number of benzene rings is 1. The Morgan fingerprint density at radius 2 is 1.87 bits per heavy atom. The molecular weight excluding hydrogens is 306 g/mol. The molecular formula is C18H19N3OS. The number of rotatable bonds is 4. The van der Waals surface area contributed by atoms with E-state index in [9.17, 15) is 4.79 Å². The van der Waals surface area contributed by atoms with E-state index in [4.69, 9.17) is 0 Å². The van der Waals surface area contributed by atoms with Gasteiger partial charge in [0, 0.05) is 22.7 Å². The van der Waals surface area contributed by atoms with Crippen LogP contribution >= 0.6 is 11.3 Å². The smallest absolute Gasteiger partial charge is 0.261 e. The maximum Gasteiger partial charge on any atom is 0.261 e. The number of carbonyl (C=O) groups is 1. The quantitative estimate of drug-likeness (QED) is 0.793. The van der Waals surface area contributed by atoms with E-state index in [0.29, 0.717) is 6.54 Å². The standard InChI is InChI=1S/C18H19N3OS/c1-12-9-10-17(23-12)18(22)19-11-16-13(2)20-21(14(16)3)15-7-5-4-6-8-15/h4-10H,11H2,1-3H3,(H,19,22). The van der Waals surface area contributed by atoms with Gasteiger partial charge in [-0.2, -0.15) is 5.10 Å². The van der Waals surface area contributed by atoms with Gasteiger partial charge in [0.2, 0.25) is 0 Å². The molecule has 2 aromatic heterocycles. The van der Waals surface area contributed by atoms with Gasteiger partial charge in [-0.3, -0.25) is 4.79 Å². The second kappa shape index (κ2) is 6.38. The Hall–Kier alpha value is -2.40. The van der Waals surface area contributed by atoms with E-state index in [2.05, 4.69) is 10.4 Å². The van der Waals surface area contributed by atoms with Crippen LogP contribution in [0.2, 0.25) is 0 Å². The SMILES string of the molecule is Cc1ccc(C(=O)NCc2c(C)nn(-c3ccccc3)c2C)s1. The van der Waals surface area contributed by atoms with Gasteiger partial charge in [-0.25, -0.2) is 4.68 Å². The molecule has 118 valence electrons. The lowest BCUT2D eigenvalue weighted by Crippen LogP contribution is -2.22. The van der Waals surface area contributed by atoms with E-state index in [1.165, 1.54) is 11.3 Å². The number of hydrogen-bond acceptors (Lipinski definition) is 3. The lowest BCUT2D eigenvalue weighted by molar-refractivity contribution is 0.0955. The number of thiophene rings is 1. The topological polar surface area (TPSA) is 46.9 Å². The fourth-order valence-corrected chi connectivity index (χ4v) is 3.35. The number of para-hydroxylation sites is 1. The summed E-state index contributed by atoms with van der Waals surface area (Å²) < 4.78 is 1.92. The summed E-state index contributed by atoms with van der Waals surface area (Å²) in [5, 5.41) is 7.60. The molecule has 3 rings (SSSR count). The van der Waals surface area contributed by atoms with Crippen LogP contribution in [0.3, 0.4) is 0 Å². The number of hydrogen-bond donors (Lipinski definition) is 1. The van der Waals surface area contributed by atoms with Crippen LogP contribution in [0.25, 0.3) is 5.69 Å². The molecule has 4 nitrogen and oxygen atoms in total. The molecule has 0 bridgehead atoms. The van der Waals surface area contributed by atoms with E-state index in [1.54, 1.807) is 0 Å². The van der Waals surface area contributed by atoms with Gasteiger partial charge in [-0.05, 0) is 45.0 Å². The molecule has 0 aliphatic heterocycles. The van der Waals surface area contributed by atoms with Crippen molar-refractivity contribution in [2.75, 3.05) is 0 Å². The number of aromatic nitrogens is 2. The molecule has 1 N–H and O–H groups in total. The maximum absolute atomic E-state index is 12.2. The summed E-state index contributed by atoms with van der Waals surface area (Å²) in [6, 6.07) is 13.8. The molecule has 23 heavy (non-hydrogen) atoms. The average molecular weight is 325 g/mol. The maximum atomic E-state index is 12.2. The van der Waals surface area contributed by atoms with Gasteiger partial charge < -0.3 is 5.32 Å². The van der Waals surface area contributed by atoms with Crippen molar-refractivity contribution in [2.45, 2.75) is 27.3 Å². The number of aryl methyl sites for hydroxylation is 2. The molecule has 0 aliphatic carbocycles. The average Bonchev–Trinajstić information content (AvgIpc) is 3.10. The summed E-state index contributed by atoms with van der Waals surface area (Å²) in [6.45, 7) is 6.49. The van der Waals surface area contributed by atoms with Crippen molar-refractivity contribution < 1.29 is 4.79 Å². The summed E-state index contributed by atoms with van der Waals surface area (Å²) in [5.74, 6) is -0.0330. The second-order valence-electron chi connectivity index (χ2n) is 5.49. The third-order valence-electron chi connectivity index (χ3n) is 3.83. The first-order valence-electron chi connectivity index (χ1n) is 7.51. The molecule has 0 atom stereocenters. The highest BCUT2D eigenvalue weighted by Crippen LogP contribution is 2.19. The van der Waals surface area contributed by atoms with Crippen molar-refractivity contribution in [1.29, 1.82) is 0 Å². The van der Waals surface area contributed by atoms with Crippen LogP contribution in [-0.2, 0) is 6.54 Å². The summed E-state index contributed by atoms with van der Waals surface area (Å²) in [5.41, 5.74) is 4.08. The van der Waals surface area contributed by atoms with E-state index in [0.717, 1.165) is 32.4 Å². The molecule has 0 radical (unpaired) electrons. The van der Waals surface area contributed by atoms with E-state index in [-0.39, 0.29) is 5.91 Å². The highest BCUT2D eigenvalue weighted by molar-refractivity contribution is 7.13. The molecule has 1 aromatic carbocycles. The van der Waals surface area contributed by atoms with Gasteiger partial charge in [-0.15, -0.1) is 11.3 Å². The minimum absolute atomic E-state index is 0.0330. The van der Waals surface area contributed by atoms with E-state index < -0.39 is 0 Å². The highest BCUT2D eigenvalue weighted by Gasteiger charge is 2.14. The number of carbonyl (C=O) groups excluding carboxylic acids is 1. The molecule has 0 fully saturated rings. The van der Waals surface area contributed by atoms with Crippen LogP contribution in [0.5, 0.6) is 0 Å². The van der Waals surface area contributed by atoms with Crippen LogP contribution in [0, 0.1) is 20.8 Å². The zero-order chi connectivity index (χ0) is 16.4. The Balaban J connectivity index is 1.79. The largest absolute Gasteiger partial charge is 0.347 e. The molecule has 3 aromatic rings. The van der Waals surface area contributed by atoms with Crippen LogP contribution in [0.15, 0.2) is 42.5 Å². The Morgan fingerprint density at radius 3 is 2.52 bits per heavy atom. The number of nitrogens with one attached hydrogen (secondary N) is 1. The molecule has 0 spiro atoms. The molecule has 0 unspecified atom stereocenters. The first-order chi connectivity index (χ1) is 11.1. The van der Waals surface area contributed by atoms with E-state index >= 15 is 0 Å². The first kappa shape index (κ1) is 15.5. The third kappa shape index (κ3) is 3.19. The van der Waals surface area contributed by atoms with Crippen LogP contribution < -0.4 is 5.32 Å². The summed E-state index contributed by atoms with van der Waals surface area (Å²) in [4.78, 5) is 14.1. The summed E-state index contributed by atoms with van der Waals surface area (Å²) in [6.07, 6.45) is 0. The predicted molar refractivity (Wildman–Crippen MR) is 93.3 cm³/mol. The lowest BCUT2D eigenvalue weighted by atomic mass is 10.2. The van der Waals surface area contributed by atoms with Gasteiger partial charge in [0.1, 0.15) is 0 Å². The van der Waals surface area contributed by atoms with Gasteiger partial charge >= 0.3 is 0 Å². The Labute approximate surface area is 139 Å².